The molecule has 0 amide bonds. The van der Waals surface area contributed by atoms with Crippen molar-refractivity contribution < 1.29 is 0 Å². The largest absolute Gasteiger partial charge is 0.147 e. The van der Waals surface area contributed by atoms with Gasteiger partial charge in [0.2, 0.25) is 0 Å². The molecule has 0 radical (unpaired) electrons. The van der Waals surface area contributed by atoms with Crippen LogP contribution in [0.4, 0.5) is 0 Å². The molecule has 0 heterocycles. The van der Waals surface area contributed by atoms with Crippen LogP contribution in [0, 0.1) is 0 Å². The highest BCUT2D eigenvalue weighted by atomic mass is 35.5. The first-order chi connectivity index (χ1) is 1.00. The van der Waals surface area contributed by atoms with Crippen LogP contribution in [-0.2, 0) is 0 Å². The first-order valence-electron chi connectivity index (χ1n) is 1.00. The van der Waals surface area contributed by atoms with E-state index in [0.717, 1.165) is 0 Å². The highest BCUT2D eigenvalue weighted by Gasteiger charge is 0.932. The lowest BCUT2D eigenvalue weighted by Gasteiger charge is -1.07. The monoisotopic (exact) mass is 174 g/mol. The molecule has 0 aliphatic rings. The van der Waals surface area contributed by atoms with Crippen molar-refractivity contribution in [1.29, 1.82) is 0 Å². The molecular formula is C2H10Cl4. The van der Waals surface area contributed by atoms with Gasteiger partial charge in [-0.15, -0.1) is 49.6 Å². The van der Waals surface area contributed by atoms with Gasteiger partial charge in [0.25, 0.3) is 0 Å². The van der Waals surface area contributed by atoms with E-state index in [4.69, 9.17) is 0 Å². The molecule has 0 spiro atoms. The maximum Gasteiger partial charge on any atom is -0.0683 e. The molecule has 6 heavy (non-hydrogen) atoms. The van der Waals surface area contributed by atoms with E-state index in [-0.39, 0.29) is 49.6 Å². The van der Waals surface area contributed by atoms with Gasteiger partial charge in [-0.2, -0.15) is 0 Å². The SMILES string of the molecule is CC.Cl.Cl.Cl.Cl. The van der Waals surface area contributed by atoms with Crippen LogP contribution in [0.25, 0.3) is 0 Å². The second-order valence-corrected chi connectivity index (χ2v) is 0. The minimum Gasteiger partial charge on any atom is -0.147 e. The Morgan fingerprint density at radius 1 is 0.500 bits per heavy atom. The lowest BCUT2D eigenvalue weighted by Crippen LogP contribution is -0.856. The lowest BCUT2D eigenvalue weighted by atomic mass is 11.0. The van der Waals surface area contributed by atoms with Gasteiger partial charge in [-0.3, -0.25) is 0 Å². The van der Waals surface area contributed by atoms with Crippen LogP contribution in [0.5, 0.6) is 0 Å². The Morgan fingerprint density at radius 3 is 0.500 bits per heavy atom. The quantitative estimate of drug-likeness (QED) is 0.532. The molecule has 0 aromatic rings. The van der Waals surface area contributed by atoms with Crippen molar-refractivity contribution >= 4 is 49.6 Å². The molecule has 0 saturated heterocycles. The Morgan fingerprint density at radius 2 is 0.500 bits per heavy atom. The lowest BCUT2D eigenvalue weighted by molar-refractivity contribution is 1.50. The van der Waals surface area contributed by atoms with Gasteiger partial charge in [0.05, 0.1) is 0 Å². The van der Waals surface area contributed by atoms with Crippen LogP contribution >= 0.6 is 49.6 Å². The number of halogens is 4. The van der Waals surface area contributed by atoms with Crippen LogP contribution in [0.2, 0.25) is 0 Å². The van der Waals surface area contributed by atoms with Gasteiger partial charge in [0.15, 0.2) is 0 Å². The first kappa shape index (κ1) is 58.2. The third-order valence-electron chi connectivity index (χ3n) is 0. The molecule has 46 valence electrons. The van der Waals surface area contributed by atoms with E-state index in [9.17, 15) is 0 Å². The molecule has 0 fully saturated rings. The highest BCUT2D eigenvalue weighted by Crippen LogP contribution is 1.14. The molecule has 0 bridgehead atoms. The Hall–Kier alpha value is 1.16. The van der Waals surface area contributed by atoms with E-state index in [1.54, 1.807) is 0 Å². The van der Waals surface area contributed by atoms with Crippen molar-refractivity contribution in [3.05, 3.63) is 0 Å². The number of hydrogen-bond donors (Lipinski definition) is 0. The summed E-state index contributed by atoms with van der Waals surface area (Å²) < 4.78 is 0. The third kappa shape index (κ3) is 66.4. The van der Waals surface area contributed by atoms with Crippen LogP contribution in [0.1, 0.15) is 13.8 Å². The molecule has 0 nitrogen and oxygen atoms in total. The zero-order valence-electron chi connectivity index (χ0n) is 3.63. The minimum absolute atomic E-state index is 0. The van der Waals surface area contributed by atoms with Gasteiger partial charge in [0.1, 0.15) is 0 Å². The first-order valence-corrected chi connectivity index (χ1v) is 1.00. The predicted octanol–water partition coefficient (Wildman–Crippen LogP) is 2.71. The summed E-state index contributed by atoms with van der Waals surface area (Å²) in [6.07, 6.45) is 0. The Bertz CT molecular complexity index is 5.51. The van der Waals surface area contributed by atoms with Gasteiger partial charge in [0, 0.05) is 0 Å². The molecule has 0 aliphatic carbocycles. The summed E-state index contributed by atoms with van der Waals surface area (Å²) in [6.45, 7) is 4.00. The van der Waals surface area contributed by atoms with E-state index >= 15 is 0 Å². The van der Waals surface area contributed by atoms with E-state index in [1.807, 2.05) is 13.8 Å². The average molecular weight is 176 g/mol. The standard InChI is InChI=1S/C2H6.4ClH/c1-2;;;;/h1-2H3;4*1H. The van der Waals surface area contributed by atoms with E-state index < -0.39 is 0 Å². The molecule has 0 aromatic heterocycles. The molecule has 0 aromatic carbocycles. The highest BCUT2D eigenvalue weighted by molar-refractivity contribution is 5.86. The summed E-state index contributed by atoms with van der Waals surface area (Å²) in [5.74, 6) is 0. The maximum atomic E-state index is 2.00. The van der Waals surface area contributed by atoms with Crippen molar-refractivity contribution in [3.8, 4) is 0 Å². The molecule has 0 rings (SSSR count). The van der Waals surface area contributed by atoms with Crippen LogP contribution in [0.3, 0.4) is 0 Å². The zero-order chi connectivity index (χ0) is 2.00. The average Bonchev–Trinajstić information content (AvgIpc) is 1.00. The van der Waals surface area contributed by atoms with E-state index in [0.29, 0.717) is 0 Å². The predicted molar refractivity (Wildman–Crippen MR) is 40.3 cm³/mol. The van der Waals surface area contributed by atoms with Crippen LogP contribution < -0.4 is 0 Å². The third-order valence-corrected chi connectivity index (χ3v) is 0. The summed E-state index contributed by atoms with van der Waals surface area (Å²) >= 11 is 0. The van der Waals surface area contributed by atoms with Gasteiger partial charge in [-0.25, -0.2) is 0 Å². The van der Waals surface area contributed by atoms with Crippen molar-refractivity contribution in [3.63, 3.8) is 0 Å². The number of hydrogen-bond acceptors (Lipinski definition) is 0. The normalized spacial score (nSPS) is 1.00. The molecule has 0 atom stereocenters. The van der Waals surface area contributed by atoms with Gasteiger partial charge >= 0.3 is 0 Å². The fourth-order valence-electron chi connectivity index (χ4n) is 0. The molecular weight excluding hydrogens is 166 g/mol. The Kier molecular flexibility index (Phi) is 1180. The minimum atomic E-state index is 0. The van der Waals surface area contributed by atoms with Gasteiger partial charge in [-0.05, 0) is 0 Å². The number of rotatable bonds is 0. The summed E-state index contributed by atoms with van der Waals surface area (Å²) in [7, 11) is 0. The summed E-state index contributed by atoms with van der Waals surface area (Å²) in [6, 6.07) is 0. The molecule has 0 N–H and O–H groups in total. The second-order valence-electron chi connectivity index (χ2n) is 0. The van der Waals surface area contributed by atoms with Crippen LogP contribution in [0.15, 0.2) is 0 Å². The van der Waals surface area contributed by atoms with Crippen molar-refractivity contribution in [1.82, 2.24) is 0 Å². The molecule has 0 aliphatic heterocycles. The summed E-state index contributed by atoms with van der Waals surface area (Å²) in [5, 5.41) is 0. The molecule has 0 saturated carbocycles. The van der Waals surface area contributed by atoms with E-state index in [2.05, 4.69) is 0 Å². The van der Waals surface area contributed by atoms with Crippen molar-refractivity contribution in [2.75, 3.05) is 0 Å². The smallest absolute Gasteiger partial charge is 0.0683 e. The zero-order valence-corrected chi connectivity index (χ0v) is 6.90. The van der Waals surface area contributed by atoms with E-state index in [1.165, 1.54) is 0 Å². The summed E-state index contributed by atoms with van der Waals surface area (Å²) in [4.78, 5) is 0. The topological polar surface area (TPSA) is 0 Å². The fraction of sp³-hybridized carbons (Fsp3) is 1.00. The maximum absolute atomic E-state index is 2.00. The second kappa shape index (κ2) is 122. The van der Waals surface area contributed by atoms with Gasteiger partial charge in [-0.1, -0.05) is 13.8 Å². The van der Waals surface area contributed by atoms with Gasteiger partial charge < -0.3 is 0 Å². The Labute approximate surface area is 63.7 Å². The fourth-order valence-corrected chi connectivity index (χ4v) is 0. The van der Waals surface area contributed by atoms with Crippen molar-refractivity contribution in [2.24, 2.45) is 0 Å². The molecule has 0 unspecified atom stereocenters. The van der Waals surface area contributed by atoms with Crippen LogP contribution in [-0.4, -0.2) is 0 Å². The Balaban J connectivity index is -0.000000000833. The summed E-state index contributed by atoms with van der Waals surface area (Å²) in [5.41, 5.74) is 0. The molecule has 4 heteroatoms. The van der Waals surface area contributed by atoms with Crippen molar-refractivity contribution in [2.45, 2.75) is 13.8 Å².